The fourth-order valence-corrected chi connectivity index (χ4v) is 1.91. The summed E-state index contributed by atoms with van der Waals surface area (Å²) in [6, 6.07) is 8.25. The van der Waals surface area contributed by atoms with E-state index in [9.17, 15) is 0 Å². The summed E-state index contributed by atoms with van der Waals surface area (Å²) in [4.78, 5) is 0. The van der Waals surface area contributed by atoms with Gasteiger partial charge in [0.15, 0.2) is 0 Å². The molecule has 14 heavy (non-hydrogen) atoms. The number of unbranched alkanes of at least 4 members (excludes halogenated alkanes) is 1. The number of nitriles is 1. The Kier molecular flexibility index (Phi) is 5.26. The molecule has 4 heteroatoms. The van der Waals surface area contributed by atoms with E-state index in [2.05, 4.69) is 56.0 Å². The second-order valence-corrected chi connectivity index (χ2v) is 4.89. The van der Waals surface area contributed by atoms with Crippen molar-refractivity contribution in [2.24, 2.45) is 0 Å². The van der Waals surface area contributed by atoms with Crippen molar-refractivity contribution in [2.45, 2.75) is 12.8 Å². The molecular formula is C10H10BrIN2. The first-order valence-electron chi connectivity index (χ1n) is 4.30. The molecule has 0 radical (unpaired) electrons. The highest BCUT2D eigenvalue weighted by Gasteiger charge is 1.98. The molecule has 0 aliphatic carbocycles. The van der Waals surface area contributed by atoms with Crippen LogP contribution in [0.25, 0.3) is 0 Å². The van der Waals surface area contributed by atoms with Crippen LogP contribution in [-0.2, 0) is 0 Å². The summed E-state index contributed by atoms with van der Waals surface area (Å²) in [6.07, 6.45) is 1.50. The Hall–Kier alpha value is -0.280. The maximum atomic E-state index is 8.38. The topological polar surface area (TPSA) is 35.8 Å². The second-order valence-electron chi connectivity index (χ2n) is 2.81. The SMILES string of the molecule is N#CCCCNc1cc(Br)ccc1I. The van der Waals surface area contributed by atoms with Crippen LogP contribution in [0, 0.1) is 14.9 Å². The first-order chi connectivity index (χ1) is 6.74. The molecule has 0 unspecified atom stereocenters. The van der Waals surface area contributed by atoms with Crippen LogP contribution in [0.4, 0.5) is 5.69 Å². The number of nitrogens with one attached hydrogen (secondary N) is 1. The number of halogens is 2. The summed E-state index contributed by atoms with van der Waals surface area (Å²) in [7, 11) is 0. The molecule has 0 fully saturated rings. The summed E-state index contributed by atoms with van der Waals surface area (Å²) in [6.45, 7) is 0.847. The zero-order valence-electron chi connectivity index (χ0n) is 7.56. The number of hydrogen-bond acceptors (Lipinski definition) is 2. The summed E-state index contributed by atoms with van der Waals surface area (Å²) in [5.74, 6) is 0. The molecule has 0 saturated carbocycles. The first kappa shape index (κ1) is 11.8. The van der Waals surface area contributed by atoms with Crippen LogP contribution in [-0.4, -0.2) is 6.54 Å². The number of nitrogens with zero attached hydrogens (tertiary/aromatic N) is 1. The third kappa shape index (κ3) is 3.84. The molecule has 0 heterocycles. The standard InChI is InChI=1S/C10H10BrIN2/c11-8-3-4-9(12)10(7-8)14-6-2-1-5-13/h3-4,7,14H,1-2,6H2. The van der Waals surface area contributed by atoms with Gasteiger partial charge in [-0.2, -0.15) is 5.26 Å². The van der Waals surface area contributed by atoms with Gasteiger partial charge in [-0.3, -0.25) is 0 Å². The molecule has 1 aromatic carbocycles. The van der Waals surface area contributed by atoms with E-state index in [4.69, 9.17) is 5.26 Å². The van der Waals surface area contributed by atoms with E-state index in [0.717, 1.165) is 23.1 Å². The molecule has 0 bridgehead atoms. The minimum atomic E-state index is 0.609. The Balaban J connectivity index is 2.50. The quantitative estimate of drug-likeness (QED) is 0.652. The van der Waals surface area contributed by atoms with E-state index in [1.807, 2.05) is 12.1 Å². The summed E-state index contributed by atoms with van der Waals surface area (Å²) in [5, 5.41) is 11.7. The van der Waals surface area contributed by atoms with Crippen LogP contribution in [0.3, 0.4) is 0 Å². The van der Waals surface area contributed by atoms with Gasteiger partial charge in [-0.15, -0.1) is 0 Å². The predicted molar refractivity (Wildman–Crippen MR) is 70.2 cm³/mol. The predicted octanol–water partition coefficient (Wildman–Crippen LogP) is 3.77. The summed E-state index contributed by atoms with van der Waals surface area (Å²) in [5.41, 5.74) is 1.12. The molecule has 2 nitrogen and oxygen atoms in total. The minimum Gasteiger partial charge on any atom is -0.384 e. The maximum absolute atomic E-state index is 8.38. The zero-order chi connectivity index (χ0) is 10.4. The van der Waals surface area contributed by atoms with E-state index in [1.165, 1.54) is 3.57 Å². The molecule has 0 spiro atoms. The van der Waals surface area contributed by atoms with Crippen molar-refractivity contribution in [2.75, 3.05) is 11.9 Å². The highest BCUT2D eigenvalue weighted by Crippen LogP contribution is 2.22. The molecule has 0 saturated heterocycles. The molecule has 0 aliphatic rings. The average Bonchev–Trinajstić information content (AvgIpc) is 2.18. The number of hydrogen-bond donors (Lipinski definition) is 1. The van der Waals surface area contributed by atoms with E-state index in [-0.39, 0.29) is 0 Å². The van der Waals surface area contributed by atoms with Gasteiger partial charge in [-0.05, 0) is 47.2 Å². The number of benzene rings is 1. The van der Waals surface area contributed by atoms with Crippen molar-refractivity contribution in [1.29, 1.82) is 5.26 Å². The van der Waals surface area contributed by atoms with Crippen molar-refractivity contribution in [3.8, 4) is 6.07 Å². The van der Waals surface area contributed by atoms with Crippen LogP contribution in [0.5, 0.6) is 0 Å². The normalized spacial score (nSPS) is 9.50. The Morgan fingerprint density at radius 3 is 3.00 bits per heavy atom. The molecule has 0 aromatic heterocycles. The highest BCUT2D eigenvalue weighted by atomic mass is 127. The van der Waals surface area contributed by atoms with Crippen LogP contribution in [0.1, 0.15) is 12.8 Å². The molecule has 74 valence electrons. The van der Waals surface area contributed by atoms with Crippen molar-refractivity contribution in [1.82, 2.24) is 0 Å². The molecular weight excluding hydrogens is 355 g/mol. The average molecular weight is 365 g/mol. The van der Waals surface area contributed by atoms with Gasteiger partial charge in [-0.1, -0.05) is 15.9 Å². The molecule has 1 aromatic rings. The van der Waals surface area contributed by atoms with Crippen molar-refractivity contribution >= 4 is 44.2 Å². The van der Waals surface area contributed by atoms with Gasteiger partial charge in [0.1, 0.15) is 0 Å². The van der Waals surface area contributed by atoms with Gasteiger partial charge < -0.3 is 5.32 Å². The Morgan fingerprint density at radius 2 is 2.29 bits per heavy atom. The molecule has 0 amide bonds. The lowest BCUT2D eigenvalue weighted by Crippen LogP contribution is -2.02. The van der Waals surface area contributed by atoms with Crippen molar-refractivity contribution in [3.63, 3.8) is 0 Å². The van der Waals surface area contributed by atoms with Crippen LogP contribution in [0.15, 0.2) is 22.7 Å². The van der Waals surface area contributed by atoms with Crippen molar-refractivity contribution < 1.29 is 0 Å². The lowest BCUT2D eigenvalue weighted by molar-refractivity contribution is 0.897. The lowest BCUT2D eigenvalue weighted by Gasteiger charge is -2.07. The minimum absolute atomic E-state index is 0.609. The Bertz CT molecular complexity index is 346. The largest absolute Gasteiger partial charge is 0.384 e. The van der Waals surface area contributed by atoms with Crippen LogP contribution in [0.2, 0.25) is 0 Å². The molecule has 0 aliphatic heterocycles. The highest BCUT2D eigenvalue weighted by molar-refractivity contribution is 14.1. The lowest BCUT2D eigenvalue weighted by atomic mass is 10.3. The third-order valence-corrected chi connectivity index (χ3v) is 3.14. The van der Waals surface area contributed by atoms with E-state index in [0.29, 0.717) is 6.42 Å². The fraction of sp³-hybridized carbons (Fsp3) is 0.300. The van der Waals surface area contributed by atoms with Gasteiger partial charge in [0.2, 0.25) is 0 Å². The first-order valence-corrected chi connectivity index (χ1v) is 6.17. The number of anilines is 1. The monoisotopic (exact) mass is 364 g/mol. The van der Waals surface area contributed by atoms with Gasteiger partial charge in [-0.25, -0.2) is 0 Å². The van der Waals surface area contributed by atoms with E-state index in [1.54, 1.807) is 0 Å². The van der Waals surface area contributed by atoms with Gasteiger partial charge in [0.25, 0.3) is 0 Å². The summed E-state index contributed by atoms with van der Waals surface area (Å²) >= 11 is 5.71. The Labute approximate surface area is 106 Å². The van der Waals surface area contributed by atoms with Gasteiger partial charge >= 0.3 is 0 Å². The smallest absolute Gasteiger partial charge is 0.0622 e. The Morgan fingerprint density at radius 1 is 1.50 bits per heavy atom. The van der Waals surface area contributed by atoms with E-state index >= 15 is 0 Å². The van der Waals surface area contributed by atoms with E-state index < -0.39 is 0 Å². The van der Waals surface area contributed by atoms with Gasteiger partial charge in [0, 0.05) is 26.7 Å². The zero-order valence-corrected chi connectivity index (χ0v) is 11.3. The van der Waals surface area contributed by atoms with Crippen LogP contribution >= 0.6 is 38.5 Å². The number of rotatable bonds is 4. The van der Waals surface area contributed by atoms with Gasteiger partial charge in [0.05, 0.1) is 6.07 Å². The van der Waals surface area contributed by atoms with Crippen molar-refractivity contribution in [3.05, 3.63) is 26.2 Å². The fourth-order valence-electron chi connectivity index (χ4n) is 1.02. The summed E-state index contributed by atoms with van der Waals surface area (Å²) < 4.78 is 2.27. The third-order valence-electron chi connectivity index (χ3n) is 1.71. The molecule has 1 N–H and O–H groups in total. The maximum Gasteiger partial charge on any atom is 0.0622 e. The van der Waals surface area contributed by atoms with Crippen LogP contribution < -0.4 is 5.32 Å². The molecule has 1 rings (SSSR count). The molecule has 0 atom stereocenters. The second kappa shape index (κ2) is 6.25.